The van der Waals surface area contributed by atoms with Crippen LogP contribution in [0.2, 0.25) is 0 Å². The van der Waals surface area contributed by atoms with Crippen LogP contribution in [-0.2, 0) is 4.79 Å². The summed E-state index contributed by atoms with van der Waals surface area (Å²) in [4.78, 5) is 26.0. The number of carbonyl (C=O) groups is 1. The largest absolute Gasteiger partial charge is 0.397 e. The molecule has 0 spiro atoms. The van der Waals surface area contributed by atoms with E-state index < -0.39 is 18.5 Å². The number of piperidine rings is 1. The van der Waals surface area contributed by atoms with Gasteiger partial charge >= 0.3 is 6.18 Å². The van der Waals surface area contributed by atoms with Crippen LogP contribution in [0.15, 0.2) is 37.1 Å². The molecule has 4 rings (SSSR count). The fraction of sp³-hybridized carbons (Fsp3) is 0.389. The maximum atomic E-state index is 12.5. The number of alkyl halides is 3. The van der Waals surface area contributed by atoms with Gasteiger partial charge in [-0.1, -0.05) is 0 Å². The number of fused-ring (bicyclic) bond motifs is 1. The molecule has 1 amide bonds. The van der Waals surface area contributed by atoms with Gasteiger partial charge in [0.15, 0.2) is 5.82 Å². The van der Waals surface area contributed by atoms with E-state index in [2.05, 4.69) is 25.4 Å². The summed E-state index contributed by atoms with van der Waals surface area (Å²) < 4.78 is 39.2. The molecule has 0 aromatic carbocycles. The van der Waals surface area contributed by atoms with E-state index in [-0.39, 0.29) is 12.6 Å². The van der Waals surface area contributed by atoms with E-state index in [0.717, 1.165) is 11.9 Å². The van der Waals surface area contributed by atoms with Crippen molar-refractivity contribution in [2.75, 3.05) is 18.4 Å². The van der Waals surface area contributed by atoms with Gasteiger partial charge in [-0.3, -0.25) is 9.78 Å². The average molecular weight is 405 g/mol. The number of anilines is 1. The molecule has 1 aliphatic heterocycles. The second-order valence-electron chi connectivity index (χ2n) is 6.85. The molecule has 0 aliphatic carbocycles. The van der Waals surface area contributed by atoms with Crippen LogP contribution in [0.4, 0.5) is 19.0 Å². The lowest BCUT2D eigenvalue weighted by Gasteiger charge is -2.33. The van der Waals surface area contributed by atoms with Gasteiger partial charge in [0.25, 0.3) is 0 Å². The highest BCUT2D eigenvalue weighted by atomic mass is 19.4. The fourth-order valence-corrected chi connectivity index (χ4v) is 3.39. The molecule has 1 fully saturated rings. The minimum absolute atomic E-state index is 0.186. The summed E-state index contributed by atoms with van der Waals surface area (Å²) in [7, 11) is 0. The van der Waals surface area contributed by atoms with Crippen LogP contribution in [0.5, 0.6) is 0 Å². The van der Waals surface area contributed by atoms with Gasteiger partial charge in [0.1, 0.15) is 12.2 Å². The Morgan fingerprint density at radius 3 is 2.97 bits per heavy atom. The van der Waals surface area contributed by atoms with Gasteiger partial charge in [-0.05, 0) is 18.9 Å². The van der Waals surface area contributed by atoms with Crippen molar-refractivity contribution in [3.05, 3.63) is 37.1 Å². The first kappa shape index (κ1) is 19.1. The molecule has 3 aromatic heterocycles. The van der Waals surface area contributed by atoms with Gasteiger partial charge < -0.3 is 10.2 Å². The summed E-state index contributed by atoms with van der Waals surface area (Å²) >= 11 is 0. The standard InChI is InChI=1S/C18H18F3N7O/c19-18(20,21)8-16(29)27-6-1-2-12(11-27)25-15-3-4-23-17(26-15)13-9-24-28-7-5-22-10-14(13)28/h3-5,7,9-10,12H,1-2,6,8,11H2,(H,23,25,26). The van der Waals surface area contributed by atoms with Crippen LogP contribution in [-0.4, -0.2) is 60.7 Å². The zero-order chi connectivity index (χ0) is 20.4. The van der Waals surface area contributed by atoms with Gasteiger partial charge in [0.2, 0.25) is 5.91 Å². The molecule has 1 N–H and O–H groups in total. The SMILES string of the molecule is O=C(CC(F)(F)F)N1CCCC(Nc2ccnc(-c3cnn4ccncc34)n2)C1. The van der Waals surface area contributed by atoms with Gasteiger partial charge in [-0.2, -0.15) is 18.3 Å². The Hall–Kier alpha value is -3.24. The van der Waals surface area contributed by atoms with E-state index >= 15 is 0 Å². The van der Waals surface area contributed by atoms with Crippen LogP contribution in [0.3, 0.4) is 0 Å². The molecule has 1 aliphatic rings. The normalized spacial score (nSPS) is 17.5. The smallest absolute Gasteiger partial charge is 0.365 e. The molecular weight excluding hydrogens is 387 g/mol. The van der Waals surface area contributed by atoms with E-state index in [1.165, 1.54) is 4.90 Å². The summed E-state index contributed by atoms with van der Waals surface area (Å²) in [6, 6.07) is 1.50. The van der Waals surface area contributed by atoms with Crippen molar-refractivity contribution in [3.8, 4) is 11.4 Å². The number of hydrogen-bond acceptors (Lipinski definition) is 6. The first-order valence-corrected chi connectivity index (χ1v) is 9.11. The number of nitrogens with zero attached hydrogens (tertiary/aromatic N) is 6. The average Bonchev–Trinajstić information content (AvgIpc) is 3.11. The number of likely N-dealkylation sites (tertiary alicyclic amines) is 1. The predicted molar refractivity (Wildman–Crippen MR) is 97.9 cm³/mol. The second-order valence-corrected chi connectivity index (χ2v) is 6.85. The lowest BCUT2D eigenvalue weighted by atomic mass is 10.1. The van der Waals surface area contributed by atoms with Gasteiger partial charge in [0, 0.05) is 37.7 Å². The number of rotatable bonds is 4. The first-order chi connectivity index (χ1) is 13.9. The van der Waals surface area contributed by atoms with Gasteiger partial charge in [-0.15, -0.1) is 0 Å². The molecular formula is C18H18F3N7O. The summed E-state index contributed by atoms with van der Waals surface area (Å²) in [5.41, 5.74) is 1.47. The molecule has 11 heteroatoms. The van der Waals surface area contributed by atoms with Crippen molar-refractivity contribution in [1.82, 2.24) is 29.5 Å². The Bertz CT molecular complexity index is 1020. The van der Waals surface area contributed by atoms with Crippen LogP contribution < -0.4 is 5.32 Å². The third-order valence-corrected chi connectivity index (χ3v) is 4.70. The molecule has 8 nitrogen and oxygen atoms in total. The highest BCUT2D eigenvalue weighted by molar-refractivity contribution is 5.77. The number of aromatic nitrogens is 5. The Morgan fingerprint density at radius 1 is 1.28 bits per heavy atom. The Balaban J connectivity index is 1.47. The number of halogens is 3. The summed E-state index contributed by atoms with van der Waals surface area (Å²) in [6.07, 6.45) is 3.68. The second kappa shape index (κ2) is 7.64. The predicted octanol–water partition coefficient (Wildman–Crippen LogP) is 2.54. The topological polar surface area (TPSA) is 88.3 Å². The lowest BCUT2D eigenvalue weighted by Crippen LogP contribution is -2.46. The minimum Gasteiger partial charge on any atom is -0.365 e. The lowest BCUT2D eigenvalue weighted by molar-refractivity contribution is -0.162. The van der Waals surface area contributed by atoms with E-state index in [4.69, 9.17) is 0 Å². The monoisotopic (exact) mass is 405 g/mol. The van der Waals surface area contributed by atoms with Gasteiger partial charge in [-0.25, -0.2) is 14.5 Å². The molecule has 0 bridgehead atoms. The Labute approximate surface area is 163 Å². The molecule has 4 heterocycles. The molecule has 0 radical (unpaired) electrons. The molecule has 1 atom stereocenters. The number of nitrogens with one attached hydrogen (secondary N) is 1. The van der Waals surface area contributed by atoms with E-state index in [1.807, 2.05) is 0 Å². The summed E-state index contributed by atoms with van der Waals surface area (Å²) in [6.45, 7) is 0.534. The summed E-state index contributed by atoms with van der Waals surface area (Å²) in [5, 5.41) is 7.45. The van der Waals surface area contributed by atoms with Crippen LogP contribution in [0.25, 0.3) is 16.9 Å². The fourth-order valence-electron chi connectivity index (χ4n) is 3.39. The maximum Gasteiger partial charge on any atom is 0.397 e. The molecule has 1 saturated heterocycles. The third-order valence-electron chi connectivity index (χ3n) is 4.70. The highest BCUT2D eigenvalue weighted by Crippen LogP contribution is 2.24. The Kier molecular flexibility index (Phi) is 5.03. The number of carbonyl (C=O) groups excluding carboxylic acids is 1. The summed E-state index contributed by atoms with van der Waals surface area (Å²) in [5.74, 6) is 0.0957. The zero-order valence-electron chi connectivity index (χ0n) is 15.3. The van der Waals surface area contributed by atoms with Crippen molar-refractivity contribution in [2.45, 2.75) is 31.5 Å². The quantitative estimate of drug-likeness (QED) is 0.718. The molecule has 29 heavy (non-hydrogen) atoms. The first-order valence-electron chi connectivity index (χ1n) is 9.11. The van der Waals surface area contributed by atoms with Crippen molar-refractivity contribution >= 4 is 17.2 Å². The van der Waals surface area contributed by atoms with Crippen LogP contribution >= 0.6 is 0 Å². The van der Waals surface area contributed by atoms with Crippen molar-refractivity contribution in [1.29, 1.82) is 0 Å². The number of hydrogen-bond donors (Lipinski definition) is 1. The van der Waals surface area contributed by atoms with Crippen LogP contribution in [0, 0.1) is 0 Å². The molecule has 152 valence electrons. The number of amides is 1. The zero-order valence-corrected chi connectivity index (χ0v) is 15.3. The highest BCUT2D eigenvalue weighted by Gasteiger charge is 2.35. The van der Waals surface area contributed by atoms with Gasteiger partial charge in [0.05, 0.1) is 23.5 Å². The van der Waals surface area contributed by atoms with E-state index in [9.17, 15) is 18.0 Å². The van der Waals surface area contributed by atoms with Crippen molar-refractivity contribution < 1.29 is 18.0 Å². The molecule has 3 aromatic rings. The van der Waals surface area contributed by atoms with Crippen LogP contribution in [0.1, 0.15) is 19.3 Å². The Morgan fingerprint density at radius 2 is 2.14 bits per heavy atom. The molecule has 1 unspecified atom stereocenters. The van der Waals surface area contributed by atoms with E-state index in [0.29, 0.717) is 30.2 Å². The van der Waals surface area contributed by atoms with E-state index in [1.54, 1.807) is 41.6 Å². The van der Waals surface area contributed by atoms with Crippen molar-refractivity contribution in [3.63, 3.8) is 0 Å². The third kappa shape index (κ3) is 4.44. The van der Waals surface area contributed by atoms with Crippen molar-refractivity contribution in [2.24, 2.45) is 0 Å². The maximum absolute atomic E-state index is 12.5. The molecule has 0 saturated carbocycles. The minimum atomic E-state index is -4.50.